The minimum Gasteiger partial charge on any atom is -0.208 e. The van der Waals surface area contributed by atoms with E-state index in [2.05, 4.69) is 4.98 Å². The Morgan fingerprint density at radius 3 is 1.65 bits per heavy atom. The normalized spacial score (nSPS) is 15.5. The van der Waals surface area contributed by atoms with Crippen LogP contribution in [0.5, 0.6) is 0 Å². The van der Waals surface area contributed by atoms with Crippen LogP contribution >= 0.6 is 11.3 Å². The molecule has 8 aromatic rings. The van der Waals surface area contributed by atoms with Gasteiger partial charge in [-0.25, -0.2) is 15.0 Å². The highest BCUT2D eigenvalue weighted by Crippen LogP contribution is 2.39. The standard InChI is InChI=1S/C39H25N3S/c1-3-10-26(11-4-1)27-18-20-28(21-19-27)29-22-24-31(25-23-29)38-40-37(30-12-5-2-6-13-30)41-39(42-38)33-15-9-17-35-36(33)32-14-7-8-16-34(32)43-35/h1-25H/i1D,3D,4D,10D,11D,18D,19D,20D,21D,22D,23D,24D,25D. The van der Waals surface area contributed by atoms with E-state index >= 15 is 0 Å². The first-order valence-electron chi connectivity index (χ1n) is 19.7. The van der Waals surface area contributed by atoms with Crippen LogP contribution in [0.25, 0.3) is 76.6 Å². The molecule has 0 saturated carbocycles. The molecule has 8 rings (SSSR count). The molecule has 0 atom stereocenters. The number of rotatable bonds is 5. The van der Waals surface area contributed by atoms with E-state index in [1.165, 1.54) is 0 Å². The quantitative estimate of drug-likeness (QED) is 0.203. The number of benzene rings is 6. The highest BCUT2D eigenvalue weighted by molar-refractivity contribution is 7.25. The van der Waals surface area contributed by atoms with Crippen LogP contribution in [-0.4, -0.2) is 15.0 Å². The zero-order valence-corrected chi connectivity index (χ0v) is 23.0. The van der Waals surface area contributed by atoms with Crippen LogP contribution in [0.2, 0.25) is 0 Å². The minimum atomic E-state index is -0.787. The Hall–Kier alpha value is -5.45. The molecule has 0 unspecified atom stereocenters. The molecule has 3 nitrogen and oxygen atoms in total. The lowest BCUT2D eigenvalue weighted by molar-refractivity contribution is 1.08. The van der Waals surface area contributed by atoms with Crippen LogP contribution in [0.3, 0.4) is 0 Å². The van der Waals surface area contributed by atoms with Crippen LogP contribution in [0.1, 0.15) is 17.8 Å². The number of aromatic nitrogens is 3. The summed E-state index contributed by atoms with van der Waals surface area (Å²) in [5.41, 5.74) is -1.20. The largest absolute Gasteiger partial charge is 0.208 e. The summed E-state index contributed by atoms with van der Waals surface area (Å²) < 4.78 is 115. The number of nitrogens with zero attached hydrogens (tertiary/aromatic N) is 3. The maximum atomic E-state index is 9.16. The molecule has 0 aliphatic carbocycles. The monoisotopic (exact) mass is 580 g/mol. The lowest BCUT2D eigenvalue weighted by atomic mass is 9.99. The molecule has 6 aromatic carbocycles. The van der Waals surface area contributed by atoms with E-state index in [9.17, 15) is 0 Å². The summed E-state index contributed by atoms with van der Waals surface area (Å²) in [6.07, 6.45) is 0. The molecule has 0 amide bonds. The van der Waals surface area contributed by atoms with Gasteiger partial charge in [0.05, 0.1) is 17.8 Å². The average molecular weight is 581 g/mol. The van der Waals surface area contributed by atoms with Gasteiger partial charge in [-0.1, -0.05) is 139 Å². The summed E-state index contributed by atoms with van der Waals surface area (Å²) in [7, 11) is 0. The smallest absolute Gasteiger partial charge is 0.164 e. The van der Waals surface area contributed by atoms with E-state index < -0.39 is 101 Å². The van der Waals surface area contributed by atoms with E-state index in [4.69, 9.17) is 27.8 Å². The molecule has 0 N–H and O–H groups in total. The van der Waals surface area contributed by atoms with Gasteiger partial charge in [0, 0.05) is 36.9 Å². The first kappa shape index (κ1) is 15.1. The fourth-order valence-electron chi connectivity index (χ4n) is 4.77. The molecule has 202 valence electrons. The summed E-state index contributed by atoms with van der Waals surface area (Å²) in [5, 5.41) is 1.88. The molecular weight excluding hydrogens is 543 g/mol. The van der Waals surface area contributed by atoms with Crippen LogP contribution in [0.4, 0.5) is 0 Å². The summed E-state index contributed by atoms with van der Waals surface area (Å²) in [6.45, 7) is 0. The first-order valence-corrected chi connectivity index (χ1v) is 14.0. The van der Waals surface area contributed by atoms with Gasteiger partial charge in [-0.2, -0.15) is 0 Å². The van der Waals surface area contributed by atoms with E-state index in [0.29, 0.717) is 11.1 Å². The Morgan fingerprint density at radius 1 is 0.419 bits per heavy atom. The van der Waals surface area contributed by atoms with Crippen LogP contribution in [-0.2, 0) is 0 Å². The van der Waals surface area contributed by atoms with Crippen LogP contribution in [0, 0.1) is 0 Å². The summed E-state index contributed by atoms with van der Waals surface area (Å²) >= 11 is 1.61. The van der Waals surface area contributed by atoms with Crippen molar-refractivity contribution < 1.29 is 17.8 Å². The highest BCUT2D eigenvalue weighted by Gasteiger charge is 2.16. The zero-order chi connectivity index (χ0) is 39.9. The molecular formula is C39H25N3S. The number of fused-ring (bicyclic) bond motifs is 3. The summed E-state index contributed by atoms with van der Waals surface area (Å²) in [6, 6.07) is 13.3. The van der Waals surface area contributed by atoms with E-state index in [-0.39, 0.29) is 23.0 Å². The third-order valence-corrected chi connectivity index (χ3v) is 7.92. The Labute approximate surface area is 272 Å². The lowest BCUT2D eigenvalue weighted by Gasteiger charge is -2.10. The zero-order valence-electron chi connectivity index (χ0n) is 35.2. The predicted molar refractivity (Wildman–Crippen MR) is 180 cm³/mol. The molecule has 0 saturated heterocycles. The van der Waals surface area contributed by atoms with Gasteiger partial charge in [0.25, 0.3) is 0 Å². The molecule has 4 heteroatoms. The Morgan fingerprint density at radius 2 is 0.953 bits per heavy atom. The van der Waals surface area contributed by atoms with Gasteiger partial charge < -0.3 is 0 Å². The van der Waals surface area contributed by atoms with Gasteiger partial charge in [-0.15, -0.1) is 11.3 Å². The summed E-state index contributed by atoms with van der Waals surface area (Å²) in [5.74, 6) is 0.280. The number of hydrogen-bond acceptors (Lipinski definition) is 4. The van der Waals surface area contributed by atoms with Gasteiger partial charge >= 0.3 is 0 Å². The molecule has 2 heterocycles. The van der Waals surface area contributed by atoms with E-state index in [0.717, 1.165) is 20.2 Å². The first-order chi connectivity index (χ1) is 26.7. The van der Waals surface area contributed by atoms with Crippen molar-refractivity contribution in [3.8, 4) is 56.4 Å². The Bertz CT molecular complexity index is 2880. The van der Waals surface area contributed by atoms with Crippen molar-refractivity contribution in [2.75, 3.05) is 0 Å². The fourth-order valence-corrected chi connectivity index (χ4v) is 5.90. The minimum absolute atomic E-state index is 0.162. The van der Waals surface area contributed by atoms with Gasteiger partial charge in [0.1, 0.15) is 0 Å². The number of hydrogen-bond donors (Lipinski definition) is 0. The lowest BCUT2D eigenvalue weighted by Crippen LogP contribution is -2.00. The fraction of sp³-hybridized carbons (Fsp3) is 0. The molecule has 0 aliphatic rings. The molecule has 2 aromatic heterocycles. The Balaban J connectivity index is 1.37. The van der Waals surface area contributed by atoms with Crippen LogP contribution in [0.15, 0.2) is 151 Å². The van der Waals surface area contributed by atoms with Gasteiger partial charge in [0.2, 0.25) is 0 Å². The van der Waals surface area contributed by atoms with Crippen molar-refractivity contribution in [2.24, 2.45) is 0 Å². The second-order valence-electron chi connectivity index (χ2n) is 9.45. The van der Waals surface area contributed by atoms with E-state index in [1.54, 1.807) is 35.6 Å². The summed E-state index contributed by atoms with van der Waals surface area (Å²) in [4.78, 5) is 14.2. The number of thiophene rings is 1. The average Bonchev–Trinajstić information content (AvgIpc) is 3.60. The molecule has 43 heavy (non-hydrogen) atoms. The topological polar surface area (TPSA) is 38.7 Å². The highest BCUT2D eigenvalue weighted by atomic mass is 32.1. The Kier molecular flexibility index (Phi) is 3.79. The molecule has 0 aliphatic heterocycles. The van der Waals surface area contributed by atoms with Gasteiger partial charge in [-0.3, -0.25) is 0 Å². The maximum absolute atomic E-state index is 9.16. The molecule has 0 radical (unpaired) electrons. The van der Waals surface area contributed by atoms with Crippen molar-refractivity contribution >= 4 is 31.5 Å². The van der Waals surface area contributed by atoms with E-state index in [1.807, 2.05) is 48.5 Å². The van der Waals surface area contributed by atoms with Crippen molar-refractivity contribution in [3.63, 3.8) is 0 Å². The molecule has 0 bridgehead atoms. The second-order valence-corrected chi connectivity index (χ2v) is 10.5. The predicted octanol–water partition coefficient (Wildman–Crippen LogP) is 10.6. The second kappa shape index (κ2) is 10.8. The van der Waals surface area contributed by atoms with Crippen molar-refractivity contribution in [1.82, 2.24) is 15.0 Å². The van der Waals surface area contributed by atoms with Crippen molar-refractivity contribution in [1.29, 1.82) is 0 Å². The SMILES string of the molecule is [2H]c1c([2H])c([2H])c(-c2c([2H])c([2H])c(-c3c([2H])c([2H])c(-c4nc(-c5ccccc5)nc(-c5cccc6sc7ccccc7c56)n4)c([2H])c3[2H])c([2H])c2[2H])c([2H])c1[2H]. The maximum Gasteiger partial charge on any atom is 0.164 e. The van der Waals surface area contributed by atoms with Crippen molar-refractivity contribution in [2.45, 2.75) is 0 Å². The van der Waals surface area contributed by atoms with Crippen molar-refractivity contribution in [3.05, 3.63) is 151 Å². The molecule has 0 fully saturated rings. The van der Waals surface area contributed by atoms with Crippen LogP contribution < -0.4 is 0 Å². The van der Waals surface area contributed by atoms with Gasteiger partial charge in [-0.05, 0) is 34.4 Å². The third kappa shape index (κ3) is 4.78. The third-order valence-electron chi connectivity index (χ3n) is 6.78. The molecule has 0 spiro atoms. The van der Waals surface area contributed by atoms with Gasteiger partial charge in [0.15, 0.2) is 17.5 Å².